The van der Waals surface area contributed by atoms with Crippen LogP contribution in [0.25, 0.3) is 4.96 Å². The Balaban J connectivity index is 1.67. The van der Waals surface area contributed by atoms with Crippen molar-refractivity contribution in [2.75, 3.05) is 17.7 Å². The Morgan fingerprint density at radius 2 is 2.29 bits per heavy atom. The molecule has 24 heavy (non-hydrogen) atoms. The van der Waals surface area contributed by atoms with Gasteiger partial charge in [0, 0.05) is 11.6 Å². The highest BCUT2D eigenvalue weighted by atomic mass is 32.2. The fraction of sp³-hybridized carbons (Fsp3) is 0.188. The number of fused-ring (bicyclic) bond motifs is 1. The number of aldehydes is 1. The van der Waals surface area contributed by atoms with Crippen LogP contribution in [0.2, 0.25) is 0 Å². The first kappa shape index (κ1) is 16.5. The zero-order valence-corrected chi connectivity index (χ0v) is 14.5. The third-order valence-corrected chi connectivity index (χ3v) is 4.91. The van der Waals surface area contributed by atoms with Crippen molar-refractivity contribution in [3.8, 4) is 5.75 Å². The minimum atomic E-state index is -0.180. The van der Waals surface area contributed by atoms with Crippen LogP contribution >= 0.6 is 23.1 Å². The van der Waals surface area contributed by atoms with E-state index in [0.29, 0.717) is 28.8 Å². The van der Waals surface area contributed by atoms with Crippen LogP contribution in [-0.4, -0.2) is 33.9 Å². The Kier molecular flexibility index (Phi) is 5.17. The fourth-order valence-corrected chi connectivity index (χ4v) is 3.73. The molecule has 8 heteroatoms. The molecule has 3 aromatic rings. The van der Waals surface area contributed by atoms with Crippen molar-refractivity contribution in [2.24, 2.45) is 0 Å². The van der Waals surface area contributed by atoms with Gasteiger partial charge in [-0.3, -0.25) is 14.0 Å². The van der Waals surface area contributed by atoms with E-state index in [1.54, 1.807) is 22.7 Å². The molecule has 0 fully saturated rings. The monoisotopic (exact) mass is 361 g/mol. The maximum atomic E-state index is 12.2. The number of para-hydroxylation sites is 2. The van der Waals surface area contributed by atoms with Gasteiger partial charge in [-0.25, -0.2) is 4.98 Å². The molecule has 124 valence electrons. The van der Waals surface area contributed by atoms with Crippen LogP contribution in [0.3, 0.4) is 0 Å². The topological polar surface area (TPSA) is 72.7 Å². The molecule has 0 aliphatic rings. The predicted molar refractivity (Wildman–Crippen MR) is 95.4 cm³/mol. The fourth-order valence-electron chi connectivity index (χ4n) is 2.17. The molecule has 0 atom stereocenters. The summed E-state index contributed by atoms with van der Waals surface area (Å²) in [5.74, 6) is 0.612. The van der Waals surface area contributed by atoms with Gasteiger partial charge in [-0.15, -0.1) is 11.3 Å². The zero-order valence-electron chi connectivity index (χ0n) is 12.9. The van der Waals surface area contributed by atoms with Crippen molar-refractivity contribution in [1.29, 1.82) is 0 Å². The largest absolute Gasteiger partial charge is 0.492 e. The molecule has 0 spiro atoms. The van der Waals surface area contributed by atoms with Crippen molar-refractivity contribution in [2.45, 2.75) is 11.9 Å². The average Bonchev–Trinajstić information content (AvgIpc) is 3.15. The van der Waals surface area contributed by atoms with E-state index in [4.69, 9.17) is 4.74 Å². The van der Waals surface area contributed by atoms with Gasteiger partial charge in [0.2, 0.25) is 5.91 Å². The van der Waals surface area contributed by atoms with Crippen LogP contribution in [0.15, 0.2) is 40.9 Å². The van der Waals surface area contributed by atoms with E-state index < -0.39 is 0 Å². The Morgan fingerprint density at radius 1 is 1.46 bits per heavy atom. The first-order valence-electron chi connectivity index (χ1n) is 7.28. The maximum Gasteiger partial charge on any atom is 0.234 e. The second-order valence-electron chi connectivity index (χ2n) is 4.74. The Bertz CT molecular complexity index is 872. The highest BCUT2D eigenvalue weighted by Gasteiger charge is 2.15. The van der Waals surface area contributed by atoms with Crippen molar-refractivity contribution >= 4 is 45.9 Å². The Morgan fingerprint density at radius 3 is 3.08 bits per heavy atom. The van der Waals surface area contributed by atoms with Gasteiger partial charge in [0.15, 0.2) is 11.2 Å². The normalized spacial score (nSPS) is 10.7. The molecule has 6 nitrogen and oxygen atoms in total. The molecule has 1 N–H and O–H groups in total. The number of rotatable bonds is 7. The number of aromatic nitrogens is 2. The van der Waals surface area contributed by atoms with E-state index in [9.17, 15) is 9.59 Å². The second kappa shape index (κ2) is 7.50. The first-order chi connectivity index (χ1) is 11.7. The second-order valence-corrected chi connectivity index (χ2v) is 6.58. The summed E-state index contributed by atoms with van der Waals surface area (Å²) >= 11 is 2.68. The number of carbonyl (C=O) groups excluding carboxylic acids is 2. The number of amides is 1. The summed E-state index contributed by atoms with van der Waals surface area (Å²) in [6.45, 7) is 2.41. The molecular weight excluding hydrogens is 346 g/mol. The number of carbonyl (C=O) groups is 2. The Hall–Kier alpha value is -2.32. The molecule has 1 amide bonds. The van der Waals surface area contributed by atoms with Gasteiger partial charge >= 0.3 is 0 Å². The molecule has 0 saturated carbocycles. The number of hydrogen-bond donors (Lipinski definition) is 1. The molecule has 0 saturated heterocycles. The van der Waals surface area contributed by atoms with Crippen molar-refractivity contribution in [1.82, 2.24) is 9.38 Å². The molecule has 0 bridgehead atoms. The number of nitrogens with zero attached hydrogens (tertiary/aromatic N) is 2. The number of thiazole rings is 1. The van der Waals surface area contributed by atoms with E-state index in [1.807, 2.05) is 24.4 Å². The molecule has 0 radical (unpaired) electrons. The number of imidazole rings is 1. The van der Waals surface area contributed by atoms with Crippen LogP contribution < -0.4 is 10.1 Å². The predicted octanol–water partition coefficient (Wildman–Crippen LogP) is 3.34. The minimum absolute atomic E-state index is 0.159. The lowest BCUT2D eigenvalue weighted by atomic mass is 10.3. The molecular formula is C16H15N3O3S2. The lowest BCUT2D eigenvalue weighted by Crippen LogP contribution is -2.15. The lowest BCUT2D eigenvalue weighted by molar-refractivity contribution is -0.113. The van der Waals surface area contributed by atoms with Gasteiger partial charge in [0.1, 0.15) is 16.5 Å². The third kappa shape index (κ3) is 3.44. The van der Waals surface area contributed by atoms with Crippen LogP contribution in [0.1, 0.15) is 17.4 Å². The molecule has 1 aromatic carbocycles. The maximum absolute atomic E-state index is 12.2. The van der Waals surface area contributed by atoms with E-state index in [1.165, 1.54) is 23.1 Å². The van der Waals surface area contributed by atoms with Crippen molar-refractivity contribution < 1.29 is 14.3 Å². The molecule has 2 heterocycles. The SMILES string of the molecule is CCOc1ccccc1NC(=O)CSc1nc2sccn2c1C=O. The van der Waals surface area contributed by atoms with Gasteiger partial charge in [-0.1, -0.05) is 23.9 Å². The molecule has 2 aromatic heterocycles. The molecule has 3 rings (SSSR count). The van der Waals surface area contributed by atoms with Crippen LogP contribution in [0, 0.1) is 0 Å². The summed E-state index contributed by atoms with van der Waals surface area (Å²) in [6, 6.07) is 7.28. The van der Waals surface area contributed by atoms with Crippen molar-refractivity contribution in [3.05, 3.63) is 41.5 Å². The standard InChI is InChI=1S/C16H15N3O3S2/c1-2-22-13-6-4-3-5-11(13)17-14(21)10-24-15-12(9-20)19-7-8-23-16(19)18-15/h3-9H,2,10H2,1H3,(H,17,21). The quantitative estimate of drug-likeness (QED) is 0.516. The van der Waals surface area contributed by atoms with E-state index >= 15 is 0 Å². The summed E-state index contributed by atoms with van der Waals surface area (Å²) in [5, 5.41) is 5.25. The number of anilines is 1. The summed E-state index contributed by atoms with van der Waals surface area (Å²) in [7, 11) is 0. The summed E-state index contributed by atoms with van der Waals surface area (Å²) in [6.07, 6.45) is 2.55. The van der Waals surface area contributed by atoms with Gasteiger partial charge in [-0.05, 0) is 19.1 Å². The van der Waals surface area contributed by atoms with E-state index in [2.05, 4.69) is 10.3 Å². The van der Waals surface area contributed by atoms with Gasteiger partial charge in [0.25, 0.3) is 0 Å². The lowest BCUT2D eigenvalue weighted by Gasteiger charge is -2.10. The van der Waals surface area contributed by atoms with Crippen LogP contribution in [0.5, 0.6) is 5.75 Å². The number of ether oxygens (including phenoxy) is 1. The van der Waals surface area contributed by atoms with Gasteiger partial charge in [0.05, 0.1) is 18.0 Å². The van der Waals surface area contributed by atoms with Crippen LogP contribution in [0.4, 0.5) is 5.69 Å². The van der Waals surface area contributed by atoms with Gasteiger partial charge in [-0.2, -0.15) is 0 Å². The summed E-state index contributed by atoms with van der Waals surface area (Å²) in [4.78, 5) is 28.6. The smallest absolute Gasteiger partial charge is 0.234 e. The van der Waals surface area contributed by atoms with E-state index in [0.717, 1.165) is 11.2 Å². The number of nitrogens with one attached hydrogen (secondary N) is 1. The third-order valence-electron chi connectivity index (χ3n) is 3.18. The van der Waals surface area contributed by atoms with Crippen molar-refractivity contribution in [3.63, 3.8) is 0 Å². The summed E-state index contributed by atoms with van der Waals surface area (Å²) in [5.41, 5.74) is 1.10. The first-order valence-corrected chi connectivity index (χ1v) is 9.14. The van der Waals surface area contributed by atoms with Crippen LogP contribution in [-0.2, 0) is 4.79 Å². The minimum Gasteiger partial charge on any atom is -0.492 e. The Labute approximate surface area is 146 Å². The molecule has 0 unspecified atom stereocenters. The van der Waals surface area contributed by atoms with Gasteiger partial charge < -0.3 is 10.1 Å². The highest BCUT2D eigenvalue weighted by molar-refractivity contribution is 8.00. The summed E-state index contributed by atoms with van der Waals surface area (Å²) < 4.78 is 7.21. The number of hydrogen-bond acceptors (Lipinski definition) is 6. The zero-order chi connectivity index (χ0) is 16.9. The average molecular weight is 361 g/mol. The number of benzene rings is 1. The molecule has 0 aliphatic heterocycles. The highest BCUT2D eigenvalue weighted by Crippen LogP contribution is 2.26. The molecule has 0 aliphatic carbocycles. The number of thioether (sulfide) groups is 1. The van der Waals surface area contributed by atoms with E-state index in [-0.39, 0.29) is 11.7 Å².